The number of hydrogen-bond acceptors (Lipinski definition) is 4. The maximum atomic E-state index is 10.4. The molecule has 1 rings (SSSR count). The number of hydrogen-bond donors (Lipinski definition) is 1. The fourth-order valence-corrected chi connectivity index (χ4v) is 1.33. The van der Waals surface area contributed by atoms with Crippen molar-refractivity contribution in [3.63, 3.8) is 0 Å². The maximum Gasteiger partial charge on any atom is 0.269 e. The lowest BCUT2D eigenvalue weighted by Gasteiger charge is -2.04. The van der Waals surface area contributed by atoms with E-state index in [0.29, 0.717) is 13.2 Å². The highest BCUT2D eigenvalue weighted by Crippen LogP contribution is 2.11. The largest absolute Gasteiger partial charge is 0.502 e. The van der Waals surface area contributed by atoms with Crippen LogP contribution in [-0.2, 0) is 11.3 Å². The van der Waals surface area contributed by atoms with Gasteiger partial charge >= 0.3 is 0 Å². The topological polar surface area (TPSA) is 64.4 Å². The first-order chi connectivity index (χ1) is 8.24. The molecule has 5 nitrogen and oxygen atoms in total. The van der Waals surface area contributed by atoms with Gasteiger partial charge in [0, 0.05) is 18.7 Å². The Bertz CT molecular complexity index is 363. The summed E-state index contributed by atoms with van der Waals surface area (Å²) in [4.78, 5) is 10.0. The summed E-state index contributed by atoms with van der Waals surface area (Å²) in [5.74, 6) is 0. The molecule has 0 saturated heterocycles. The van der Waals surface area contributed by atoms with Crippen molar-refractivity contribution >= 4 is 5.69 Å². The summed E-state index contributed by atoms with van der Waals surface area (Å²) in [6.45, 7) is 5.64. The van der Waals surface area contributed by atoms with Crippen molar-refractivity contribution in [3.8, 4) is 0 Å². The van der Waals surface area contributed by atoms with Crippen LogP contribution in [0.1, 0.15) is 12.0 Å². The van der Waals surface area contributed by atoms with Crippen LogP contribution in [-0.4, -0.2) is 18.1 Å². The van der Waals surface area contributed by atoms with E-state index in [9.17, 15) is 10.1 Å². The van der Waals surface area contributed by atoms with Crippen LogP contribution in [0.5, 0.6) is 0 Å². The lowest BCUT2D eigenvalue weighted by Crippen LogP contribution is -2.15. The standard InChI is InChI=1S/C12H16N2O3/c1-2-17-9-3-8-13-10-11-4-6-12(7-5-11)14(15)16/h2,4-7,13H,1,3,8-10H2. The number of benzene rings is 1. The number of ether oxygens (including phenoxy) is 1. The van der Waals surface area contributed by atoms with Crippen LogP contribution < -0.4 is 5.32 Å². The molecular weight excluding hydrogens is 220 g/mol. The first-order valence-corrected chi connectivity index (χ1v) is 5.40. The highest BCUT2D eigenvalue weighted by atomic mass is 16.6. The van der Waals surface area contributed by atoms with Crippen molar-refractivity contribution in [2.45, 2.75) is 13.0 Å². The zero-order valence-corrected chi connectivity index (χ0v) is 9.59. The minimum atomic E-state index is -0.399. The molecule has 0 bridgehead atoms. The van der Waals surface area contributed by atoms with Gasteiger partial charge in [0.25, 0.3) is 5.69 Å². The van der Waals surface area contributed by atoms with E-state index in [0.717, 1.165) is 18.5 Å². The first-order valence-electron chi connectivity index (χ1n) is 5.40. The summed E-state index contributed by atoms with van der Waals surface area (Å²) in [7, 11) is 0. The van der Waals surface area contributed by atoms with E-state index in [1.165, 1.54) is 18.4 Å². The molecule has 0 aliphatic carbocycles. The molecule has 0 aliphatic heterocycles. The molecule has 0 saturated carbocycles. The molecule has 0 aromatic heterocycles. The number of rotatable bonds is 8. The van der Waals surface area contributed by atoms with Crippen molar-refractivity contribution < 1.29 is 9.66 Å². The normalized spacial score (nSPS) is 9.88. The van der Waals surface area contributed by atoms with Crippen LogP contribution in [0, 0.1) is 10.1 Å². The van der Waals surface area contributed by atoms with Gasteiger partial charge in [0.05, 0.1) is 17.8 Å². The molecule has 0 heterocycles. The molecule has 1 N–H and O–H groups in total. The smallest absolute Gasteiger partial charge is 0.269 e. The van der Waals surface area contributed by atoms with E-state index in [4.69, 9.17) is 4.74 Å². The van der Waals surface area contributed by atoms with Gasteiger partial charge in [-0.25, -0.2) is 0 Å². The number of nitro benzene ring substituents is 1. The van der Waals surface area contributed by atoms with Crippen molar-refractivity contribution in [2.75, 3.05) is 13.2 Å². The average molecular weight is 236 g/mol. The van der Waals surface area contributed by atoms with Crippen molar-refractivity contribution in [1.82, 2.24) is 5.32 Å². The second kappa shape index (κ2) is 7.40. The number of nitrogens with one attached hydrogen (secondary N) is 1. The van der Waals surface area contributed by atoms with Gasteiger partial charge < -0.3 is 10.1 Å². The second-order valence-corrected chi connectivity index (χ2v) is 3.49. The van der Waals surface area contributed by atoms with Crippen LogP contribution >= 0.6 is 0 Å². The van der Waals surface area contributed by atoms with Gasteiger partial charge in [0.15, 0.2) is 0 Å². The van der Waals surface area contributed by atoms with Crippen LogP contribution in [0.15, 0.2) is 37.1 Å². The second-order valence-electron chi connectivity index (χ2n) is 3.49. The molecule has 0 atom stereocenters. The quantitative estimate of drug-likeness (QED) is 0.325. The Balaban J connectivity index is 2.23. The molecule has 0 fully saturated rings. The van der Waals surface area contributed by atoms with Gasteiger partial charge in [0.2, 0.25) is 0 Å². The fourth-order valence-electron chi connectivity index (χ4n) is 1.33. The molecule has 5 heteroatoms. The molecule has 1 aromatic rings. The molecule has 0 aliphatic rings. The van der Waals surface area contributed by atoms with Gasteiger partial charge in [0.1, 0.15) is 0 Å². The van der Waals surface area contributed by atoms with Gasteiger partial charge in [-0.1, -0.05) is 18.7 Å². The predicted octanol–water partition coefficient (Wildman–Crippen LogP) is 2.23. The van der Waals surface area contributed by atoms with Gasteiger partial charge in [-0.15, -0.1) is 0 Å². The van der Waals surface area contributed by atoms with Crippen molar-refractivity contribution in [2.24, 2.45) is 0 Å². The Hall–Kier alpha value is -1.88. The SMILES string of the molecule is C=COCCCNCc1ccc([N+](=O)[O-])cc1. The summed E-state index contributed by atoms with van der Waals surface area (Å²) >= 11 is 0. The average Bonchev–Trinajstić information content (AvgIpc) is 2.34. The summed E-state index contributed by atoms with van der Waals surface area (Å²) in [5.41, 5.74) is 1.15. The molecule has 0 amide bonds. The Kier molecular flexibility index (Phi) is 5.74. The maximum absolute atomic E-state index is 10.4. The summed E-state index contributed by atoms with van der Waals surface area (Å²) in [6, 6.07) is 6.53. The minimum absolute atomic E-state index is 0.119. The predicted molar refractivity (Wildman–Crippen MR) is 65.6 cm³/mol. The van der Waals surface area contributed by atoms with E-state index in [2.05, 4.69) is 11.9 Å². The number of nitrogens with zero attached hydrogens (tertiary/aromatic N) is 1. The highest BCUT2D eigenvalue weighted by molar-refractivity contribution is 5.32. The third-order valence-corrected chi connectivity index (χ3v) is 2.21. The first kappa shape index (κ1) is 13.2. The molecule has 17 heavy (non-hydrogen) atoms. The zero-order chi connectivity index (χ0) is 12.5. The van der Waals surface area contributed by atoms with Crippen LogP contribution in [0.25, 0.3) is 0 Å². The molecule has 0 radical (unpaired) electrons. The minimum Gasteiger partial charge on any atom is -0.502 e. The molecule has 1 aromatic carbocycles. The molecule has 92 valence electrons. The molecule has 0 spiro atoms. The Labute approximate surface area is 100 Å². The Morgan fingerprint density at radius 2 is 2.12 bits per heavy atom. The van der Waals surface area contributed by atoms with E-state index in [-0.39, 0.29) is 5.69 Å². The van der Waals surface area contributed by atoms with Crippen LogP contribution in [0.2, 0.25) is 0 Å². The van der Waals surface area contributed by atoms with E-state index < -0.39 is 4.92 Å². The third-order valence-electron chi connectivity index (χ3n) is 2.21. The highest BCUT2D eigenvalue weighted by Gasteiger charge is 2.03. The van der Waals surface area contributed by atoms with Crippen LogP contribution in [0.4, 0.5) is 5.69 Å². The lowest BCUT2D eigenvalue weighted by atomic mass is 10.2. The molecule has 0 unspecified atom stereocenters. The number of nitro groups is 1. The lowest BCUT2D eigenvalue weighted by molar-refractivity contribution is -0.384. The third kappa shape index (κ3) is 5.12. The van der Waals surface area contributed by atoms with Crippen LogP contribution in [0.3, 0.4) is 0 Å². The van der Waals surface area contributed by atoms with Gasteiger partial charge in [-0.2, -0.15) is 0 Å². The zero-order valence-electron chi connectivity index (χ0n) is 9.59. The van der Waals surface area contributed by atoms with Crippen molar-refractivity contribution in [1.29, 1.82) is 0 Å². The van der Waals surface area contributed by atoms with Gasteiger partial charge in [-0.05, 0) is 18.5 Å². The van der Waals surface area contributed by atoms with E-state index in [1.807, 2.05) is 0 Å². The Morgan fingerprint density at radius 1 is 1.41 bits per heavy atom. The summed E-state index contributed by atoms with van der Waals surface area (Å²) < 4.78 is 4.98. The fraction of sp³-hybridized carbons (Fsp3) is 0.333. The van der Waals surface area contributed by atoms with Gasteiger partial charge in [-0.3, -0.25) is 10.1 Å². The Morgan fingerprint density at radius 3 is 2.71 bits per heavy atom. The van der Waals surface area contributed by atoms with E-state index >= 15 is 0 Å². The number of non-ortho nitro benzene ring substituents is 1. The monoisotopic (exact) mass is 236 g/mol. The molecular formula is C12H16N2O3. The van der Waals surface area contributed by atoms with E-state index in [1.54, 1.807) is 12.1 Å². The summed E-state index contributed by atoms with van der Waals surface area (Å²) in [5, 5.41) is 13.7. The van der Waals surface area contributed by atoms with Crippen molar-refractivity contribution in [3.05, 3.63) is 52.8 Å². The summed E-state index contributed by atoms with van der Waals surface area (Å²) in [6.07, 6.45) is 2.33.